The number of fused-ring (bicyclic) bond motifs is 1. The topological polar surface area (TPSA) is 70.2 Å². The number of benzene rings is 2. The molecule has 172 valence electrons. The molecule has 1 saturated heterocycles. The van der Waals surface area contributed by atoms with Crippen molar-refractivity contribution in [3.63, 3.8) is 0 Å². The van der Waals surface area contributed by atoms with E-state index in [1.165, 1.54) is 16.4 Å². The largest absolute Gasteiger partial charge is 0.444 e. The first-order valence-corrected chi connectivity index (χ1v) is 12.1. The van der Waals surface area contributed by atoms with E-state index in [1.54, 1.807) is 41.3 Å². The molecule has 32 heavy (non-hydrogen) atoms. The number of para-hydroxylation sites is 2. The fourth-order valence-corrected chi connectivity index (χ4v) is 5.91. The number of rotatable bonds is 3. The molecule has 2 aromatic carbocycles. The van der Waals surface area contributed by atoms with E-state index in [2.05, 4.69) is 0 Å². The van der Waals surface area contributed by atoms with Crippen molar-refractivity contribution in [2.75, 3.05) is 28.2 Å². The smallest absolute Gasteiger partial charge is 0.410 e. The Kier molecular flexibility index (Phi) is 5.79. The summed E-state index contributed by atoms with van der Waals surface area (Å²) in [6, 6.07) is 13.0. The molecule has 2 aliphatic rings. The van der Waals surface area contributed by atoms with E-state index in [4.69, 9.17) is 4.74 Å². The summed E-state index contributed by atoms with van der Waals surface area (Å²) in [5.41, 5.74) is 0.209. The van der Waals surface area contributed by atoms with Gasteiger partial charge in [0.2, 0.25) is 0 Å². The summed E-state index contributed by atoms with van der Waals surface area (Å²) in [5.74, 6) is -0.549. The van der Waals surface area contributed by atoms with Gasteiger partial charge in [-0.25, -0.2) is 13.5 Å². The van der Waals surface area contributed by atoms with Crippen LogP contribution in [0, 0.1) is 11.7 Å². The molecule has 0 aliphatic carbocycles. The number of likely N-dealkylation sites (tertiary alicyclic amines) is 1. The maximum absolute atomic E-state index is 14.8. The molecule has 7 nitrogen and oxygen atoms in total. The number of carbonyl (C=O) groups excluding carboxylic acids is 1. The van der Waals surface area contributed by atoms with Gasteiger partial charge in [-0.05, 0) is 63.8 Å². The van der Waals surface area contributed by atoms with Gasteiger partial charge in [0.15, 0.2) is 0 Å². The normalized spacial score (nSPS) is 18.6. The number of hydrogen-bond acceptors (Lipinski definition) is 4. The van der Waals surface area contributed by atoms with Crippen molar-refractivity contribution in [3.8, 4) is 0 Å². The Hall–Kier alpha value is -2.81. The molecule has 0 unspecified atom stereocenters. The van der Waals surface area contributed by atoms with E-state index >= 15 is 0 Å². The molecule has 2 aromatic rings. The van der Waals surface area contributed by atoms with E-state index in [0.29, 0.717) is 37.3 Å². The number of carbonyl (C=O) groups is 1. The van der Waals surface area contributed by atoms with Crippen molar-refractivity contribution in [1.29, 1.82) is 0 Å². The Balaban J connectivity index is 1.54. The molecule has 1 fully saturated rings. The molecule has 0 atom stereocenters. The molecule has 0 bridgehead atoms. The van der Waals surface area contributed by atoms with Crippen LogP contribution < -0.4 is 8.61 Å². The molecule has 0 spiro atoms. The number of piperidine rings is 1. The van der Waals surface area contributed by atoms with Gasteiger partial charge >= 0.3 is 16.3 Å². The van der Waals surface area contributed by atoms with Crippen LogP contribution in [0.15, 0.2) is 48.5 Å². The van der Waals surface area contributed by atoms with Gasteiger partial charge in [-0.15, -0.1) is 0 Å². The average Bonchev–Trinajstić information content (AvgIpc) is 2.96. The molecular formula is C23H28FN3O4S. The lowest BCUT2D eigenvalue weighted by atomic mass is 9.97. The van der Waals surface area contributed by atoms with Crippen molar-refractivity contribution >= 4 is 33.4 Å². The van der Waals surface area contributed by atoms with Crippen molar-refractivity contribution in [2.45, 2.75) is 39.2 Å². The second kappa shape index (κ2) is 8.27. The first kappa shape index (κ1) is 22.4. The number of ether oxygens (including phenoxy) is 1. The van der Waals surface area contributed by atoms with Crippen LogP contribution >= 0.6 is 0 Å². The monoisotopic (exact) mass is 461 g/mol. The second-order valence-electron chi connectivity index (χ2n) is 9.16. The van der Waals surface area contributed by atoms with Gasteiger partial charge < -0.3 is 9.64 Å². The van der Waals surface area contributed by atoms with Crippen LogP contribution in [0.5, 0.6) is 0 Å². The third kappa shape index (κ3) is 4.26. The molecule has 9 heteroatoms. The highest BCUT2D eigenvalue weighted by Gasteiger charge is 2.44. The summed E-state index contributed by atoms with van der Waals surface area (Å²) in [6.07, 6.45) is 0.926. The summed E-state index contributed by atoms with van der Waals surface area (Å²) in [7, 11) is -3.99. The molecular weight excluding hydrogens is 433 g/mol. The van der Waals surface area contributed by atoms with Crippen LogP contribution in [0.4, 0.5) is 26.2 Å². The van der Waals surface area contributed by atoms with Crippen molar-refractivity contribution < 1.29 is 22.3 Å². The molecule has 4 rings (SSSR count). The highest BCUT2D eigenvalue weighted by Crippen LogP contribution is 2.47. The van der Waals surface area contributed by atoms with Crippen LogP contribution in [-0.4, -0.2) is 44.6 Å². The standard InChI is InChI=1S/C23H28FN3O4S/c1-23(2,3)31-22(28)25-14-12-17(13-15-25)16-26-20-11-7-10-19(24)21(20)27(32(26,29)30)18-8-5-4-6-9-18/h4-11,17H,12-16H2,1-3H3. The van der Waals surface area contributed by atoms with Crippen LogP contribution in [0.25, 0.3) is 0 Å². The number of halogens is 1. The molecule has 2 aliphatic heterocycles. The van der Waals surface area contributed by atoms with Gasteiger partial charge in [0.05, 0.1) is 11.4 Å². The molecule has 2 heterocycles. The van der Waals surface area contributed by atoms with E-state index in [1.807, 2.05) is 20.8 Å². The summed E-state index contributed by atoms with van der Waals surface area (Å²) in [6.45, 7) is 6.68. The second-order valence-corrected chi connectivity index (χ2v) is 10.9. The lowest BCUT2D eigenvalue weighted by molar-refractivity contribution is 0.0187. The fourth-order valence-electron chi connectivity index (χ4n) is 4.12. The Morgan fingerprint density at radius 3 is 2.34 bits per heavy atom. The van der Waals surface area contributed by atoms with E-state index in [9.17, 15) is 17.6 Å². The zero-order valence-corrected chi connectivity index (χ0v) is 19.3. The Morgan fingerprint density at radius 2 is 1.72 bits per heavy atom. The van der Waals surface area contributed by atoms with Crippen LogP contribution in [0.2, 0.25) is 0 Å². The minimum absolute atomic E-state index is 0.0373. The van der Waals surface area contributed by atoms with E-state index in [-0.39, 0.29) is 24.2 Å². The van der Waals surface area contributed by atoms with E-state index < -0.39 is 21.6 Å². The minimum atomic E-state index is -3.99. The quantitative estimate of drug-likeness (QED) is 0.666. The summed E-state index contributed by atoms with van der Waals surface area (Å²) >= 11 is 0. The van der Waals surface area contributed by atoms with Gasteiger partial charge in [0, 0.05) is 19.6 Å². The number of nitrogens with zero attached hydrogens (tertiary/aromatic N) is 3. The van der Waals surface area contributed by atoms with Crippen molar-refractivity contribution in [2.24, 2.45) is 5.92 Å². The number of amides is 1. The zero-order chi connectivity index (χ0) is 23.1. The van der Waals surface area contributed by atoms with Gasteiger partial charge in [-0.2, -0.15) is 8.42 Å². The van der Waals surface area contributed by atoms with Gasteiger partial charge in [0.1, 0.15) is 17.1 Å². The lowest BCUT2D eigenvalue weighted by Crippen LogP contribution is -2.45. The lowest BCUT2D eigenvalue weighted by Gasteiger charge is -2.35. The Bertz CT molecular complexity index is 1090. The third-order valence-corrected chi connectivity index (χ3v) is 7.39. The van der Waals surface area contributed by atoms with E-state index in [0.717, 1.165) is 4.31 Å². The predicted octanol–water partition coefficient (Wildman–Crippen LogP) is 4.68. The average molecular weight is 462 g/mol. The van der Waals surface area contributed by atoms with Gasteiger partial charge in [0.25, 0.3) is 0 Å². The number of anilines is 3. The highest BCUT2D eigenvalue weighted by atomic mass is 32.2. The van der Waals surface area contributed by atoms with Crippen molar-refractivity contribution in [1.82, 2.24) is 4.90 Å². The minimum Gasteiger partial charge on any atom is -0.444 e. The summed E-state index contributed by atoms with van der Waals surface area (Å²) in [5, 5.41) is 0. The predicted molar refractivity (Wildman–Crippen MR) is 122 cm³/mol. The third-order valence-electron chi connectivity index (χ3n) is 5.63. The first-order chi connectivity index (χ1) is 15.1. The molecule has 0 aromatic heterocycles. The summed E-state index contributed by atoms with van der Waals surface area (Å²) in [4.78, 5) is 14.0. The van der Waals surface area contributed by atoms with Gasteiger partial charge in [-0.1, -0.05) is 24.3 Å². The first-order valence-electron chi connectivity index (χ1n) is 10.7. The molecule has 0 radical (unpaired) electrons. The fraction of sp³-hybridized carbons (Fsp3) is 0.435. The van der Waals surface area contributed by atoms with Crippen molar-refractivity contribution in [3.05, 3.63) is 54.3 Å². The molecule has 0 N–H and O–H groups in total. The SMILES string of the molecule is CC(C)(C)OC(=O)N1CCC(CN2c3cccc(F)c3N(c3ccccc3)S2(=O)=O)CC1. The highest BCUT2D eigenvalue weighted by molar-refractivity contribution is 7.95. The van der Waals surface area contributed by atoms with Gasteiger partial charge in [-0.3, -0.25) is 4.31 Å². The Morgan fingerprint density at radius 1 is 1.06 bits per heavy atom. The summed E-state index contributed by atoms with van der Waals surface area (Å²) < 4.78 is 49.6. The number of hydrogen-bond donors (Lipinski definition) is 0. The maximum atomic E-state index is 14.8. The van der Waals surface area contributed by atoms with Crippen LogP contribution in [-0.2, 0) is 14.9 Å². The van der Waals surface area contributed by atoms with Crippen LogP contribution in [0.3, 0.4) is 0 Å². The Labute approximate surface area is 188 Å². The molecule has 1 amide bonds. The van der Waals surface area contributed by atoms with Crippen LogP contribution in [0.1, 0.15) is 33.6 Å². The maximum Gasteiger partial charge on any atom is 0.410 e. The molecule has 0 saturated carbocycles. The zero-order valence-electron chi connectivity index (χ0n) is 18.5.